The predicted molar refractivity (Wildman–Crippen MR) is 70.0 cm³/mol. The molecule has 18 heavy (non-hydrogen) atoms. The SMILES string of the molecule is NCC(=O)NCC(=O)N(Cc1cccs1)C1CC1. The molecule has 1 heterocycles. The summed E-state index contributed by atoms with van der Waals surface area (Å²) >= 11 is 1.64. The van der Waals surface area contributed by atoms with Crippen LogP contribution in [0.3, 0.4) is 0 Å². The van der Waals surface area contributed by atoms with E-state index in [-0.39, 0.29) is 24.9 Å². The zero-order valence-electron chi connectivity index (χ0n) is 10.1. The number of nitrogens with two attached hydrogens (primary N) is 1. The first-order valence-corrected chi connectivity index (χ1v) is 6.87. The number of hydrogen-bond acceptors (Lipinski definition) is 4. The molecule has 0 radical (unpaired) electrons. The molecule has 0 atom stereocenters. The minimum absolute atomic E-state index is 0.0345. The van der Waals surface area contributed by atoms with Gasteiger partial charge in [-0.2, -0.15) is 0 Å². The van der Waals surface area contributed by atoms with Crippen LogP contribution in [-0.4, -0.2) is 35.8 Å². The number of carbonyl (C=O) groups is 2. The number of amides is 2. The Balaban J connectivity index is 1.89. The second-order valence-corrected chi connectivity index (χ2v) is 5.35. The second-order valence-electron chi connectivity index (χ2n) is 4.31. The molecule has 6 heteroatoms. The summed E-state index contributed by atoms with van der Waals surface area (Å²) in [4.78, 5) is 26.1. The summed E-state index contributed by atoms with van der Waals surface area (Å²) in [5, 5.41) is 4.52. The summed E-state index contributed by atoms with van der Waals surface area (Å²) in [5.41, 5.74) is 5.18. The molecule has 5 nitrogen and oxygen atoms in total. The lowest BCUT2D eigenvalue weighted by Gasteiger charge is -2.21. The zero-order valence-corrected chi connectivity index (χ0v) is 10.9. The van der Waals surface area contributed by atoms with Crippen LogP contribution in [0.25, 0.3) is 0 Å². The average molecular weight is 267 g/mol. The number of nitrogens with zero attached hydrogens (tertiary/aromatic N) is 1. The van der Waals surface area contributed by atoms with Gasteiger partial charge in [-0.25, -0.2) is 0 Å². The first kappa shape index (κ1) is 13.0. The molecule has 1 aromatic heterocycles. The Kier molecular flexibility index (Phi) is 4.33. The molecule has 0 spiro atoms. The second kappa shape index (κ2) is 5.97. The summed E-state index contributed by atoms with van der Waals surface area (Å²) in [6, 6.07) is 4.34. The quantitative estimate of drug-likeness (QED) is 0.779. The monoisotopic (exact) mass is 267 g/mol. The Bertz CT molecular complexity index is 415. The Morgan fingerprint density at radius 3 is 2.83 bits per heavy atom. The molecule has 2 amide bonds. The van der Waals surface area contributed by atoms with Gasteiger partial charge in [-0.3, -0.25) is 9.59 Å². The number of nitrogens with one attached hydrogen (secondary N) is 1. The van der Waals surface area contributed by atoms with Gasteiger partial charge in [-0.15, -0.1) is 11.3 Å². The van der Waals surface area contributed by atoms with Crippen LogP contribution in [0, 0.1) is 0 Å². The standard InChI is InChI=1S/C12H17N3O2S/c13-6-11(16)14-7-12(17)15(9-3-4-9)8-10-2-1-5-18-10/h1-2,5,9H,3-4,6-8,13H2,(H,14,16). The van der Waals surface area contributed by atoms with Crippen molar-refractivity contribution in [1.29, 1.82) is 0 Å². The fourth-order valence-electron chi connectivity index (χ4n) is 1.73. The third kappa shape index (κ3) is 3.54. The van der Waals surface area contributed by atoms with Gasteiger partial charge >= 0.3 is 0 Å². The van der Waals surface area contributed by atoms with E-state index in [1.54, 1.807) is 11.3 Å². The van der Waals surface area contributed by atoms with Crippen LogP contribution in [0.2, 0.25) is 0 Å². The molecule has 98 valence electrons. The summed E-state index contributed by atoms with van der Waals surface area (Å²) in [7, 11) is 0. The molecule has 0 saturated heterocycles. The van der Waals surface area contributed by atoms with Crippen LogP contribution < -0.4 is 11.1 Å². The molecule has 1 fully saturated rings. The molecule has 2 rings (SSSR count). The van der Waals surface area contributed by atoms with Gasteiger partial charge in [0.25, 0.3) is 0 Å². The summed E-state index contributed by atoms with van der Waals surface area (Å²) in [6.07, 6.45) is 2.11. The molecule has 1 aliphatic carbocycles. The van der Waals surface area contributed by atoms with E-state index in [1.165, 1.54) is 4.88 Å². The molecule has 0 bridgehead atoms. The van der Waals surface area contributed by atoms with E-state index in [0.29, 0.717) is 12.6 Å². The fourth-order valence-corrected chi connectivity index (χ4v) is 2.43. The number of thiophene rings is 1. The Hall–Kier alpha value is -1.40. The van der Waals surface area contributed by atoms with Crippen molar-refractivity contribution in [2.45, 2.75) is 25.4 Å². The molecule has 3 N–H and O–H groups in total. The van der Waals surface area contributed by atoms with Gasteiger partial charge in [0.2, 0.25) is 11.8 Å². The van der Waals surface area contributed by atoms with Gasteiger partial charge < -0.3 is 16.0 Å². The van der Waals surface area contributed by atoms with Crippen LogP contribution in [0.1, 0.15) is 17.7 Å². The highest BCUT2D eigenvalue weighted by Gasteiger charge is 2.32. The van der Waals surface area contributed by atoms with Crippen LogP contribution in [0.4, 0.5) is 0 Å². The molecule has 1 saturated carbocycles. The normalized spacial score (nSPS) is 14.3. The maximum Gasteiger partial charge on any atom is 0.242 e. The first-order chi connectivity index (χ1) is 8.70. The van der Waals surface area contributed by atoms with Crippen molar-refractivity contribution in [3.8, 4) is 0 Å². The highest BCUT2D eigenvalue weighted by atomic mass is 32.1. The van der Waals surface area contributed by atoms with E-state index in [2.05, 4.69) is 5.32 Å². The fraction of sp³-hybridized carbons (Fsp3) is 0.500. The third-order valence-electron chi connectivity index (χ3n) is 2.84. The highest BCUT2D eigenvalue weighted by Crippen LogP contribution is 2.29. The van der Waals surface area contributed by atoms with Gasteiger partial charge in [-0.05, 0) is 24.3 Å². The summed E-state index contributed by atoms with van der Waals surface area (Å²) in [6.45, 7) is 0.596. The van der Waals surface area contributed by atoms with Crippen molar-refractivity contribution in [2.75, 3.05) is 13.1 Å². The first-order valence-electron chi connectivity index (χ1n) is 5.99. The molecule has 0 aliphatic heterocycles. The molecule has 0 aromatic carbocycles. The van der Waals surface area contributed by atoms with Crippen LogP contribution >= 0.6 is 11.3 Å². The Morgan fingerprint density at radius 2 is 2.28 bits per heavy atom. The smallest absolute Gasteiger partial charge is 0.242 e. The molecule has 1 aromatic rings. The van der Waals surface area contributed by atoms with E-state index in [1.807, 2.05) is 22.4 Å². The van der Waals surface area contributed by atoms with E-state index < -0.39 is 0 Å². The van der Waals surface area contributed by atoms with Gasteiger partial charge in [0.1, 0.15) is 0 Å². The number of hydrogen-bond donors (Lipinski definition) is 2. The maximum absolute atomic E-state index is 12.0. The van der Waals surface area contributed by atoms with Crippen molar-refractivity contribution in [2.24, 2.45) is 5.73 Å². The Morgan fingerprint density at radius 1 is 1.50 bits per heavy atom. The van der Waals surface area contributed by atoms with Gasteiger partial charge in [0.15, 0.2) is 0 Å². The van der Waals surface area contributed by atoms with E-state index >= 15 is 0 Å². The van der Waals surface area contributed by atoms with Crippen molar-refractivity contribution >= 4 is 23.2 Å². The minimum atomic E-state index is -0.296. The van der Waals surface area contributed by atoms with Crippen molar-refractivity contribution in [3.63, 3.8) is 0 Å². The molecule has 1 aliphatic rings. The predicted octanol–water partition coefficient (Wildman–Crippen LogP) is 0.314. The third-order valence-corrected chi connectivity index (χ3v) is 3.70. The number of rotatable bonds is 6. The molecule has 0 unspecified atom stereocenters. The van der Waals surface area contributed by atoms with Crippen molar-refractivity contribution in [3.05, 3.63) is 22.4 Å². The van der Waals surface area contributed by atoms with Gasteiger partial charge in [0.05, 0.1) is 19.6 Å². The molecular weight excluding hydrogens is 250 g/mol. The van der Waals surface area contributed by atoms with Gasteiger partial charge in [-0.1, -0.05) is 6.07 Å². The lowest BCUT2D eigenvalue weighted by Crippen LogP contribution is -2.42. The van der Waals surface area contributed by atoms with E-state index in [0.717, 1.165) is 12.8 Å². The zero-order chi connectivity index (χ0) is 13.0. The molecular formula is C12H17N3O2S. The highest BCUT2D eigenvalue weighted by molar-refractivity contribution is 7.09. The largest absolute Gasteiger partial charge is 0.346 e. The van der Waals surface area contributed by atoms with Crippen LogP contribution in [0.5, 0.6) is 0 Å². The lowest BCUT2D eigenvalue weighted by atomic mass is 10.3. The average Bonchev–Trinajstić information content (AvgIpc) is 3.09. The number of carbonyl (C=O) groups excluding carboxylic acids is 2. The van der Waals surface area contributed by atoms with Gasteiger partial charge in [0, 0.05) is 10.9 Å². The Labute approximate surface area is 110 Å². The van der Waals surface area contributed by atoms with Crippen LogP contribution in [-0.2, 0) is 16.1 Å². The summed E-state index contributed by atoms with van der Waals surface area (Å²) < 4.78 is 0. The topological polar surface area (TPSA) is 75.4 Å². The maximum atomic E-state index is 12.0. The summed E-state index contributed by atoms with van der Waals surface area (Å²) in [5.74, 6) is -0.331. The minimum Gasteiger partial charge on any atom is -0.346 e. The van der Waals surface area contributed by atoms with Crippen LogP contribution in [0.15, 0.2) is 17.5 Å². The lowest BCUT2D eigenvalue weighted by molar-refractivity contribution is -0.133. The van der Waals surface area contributed by atoms with E-state index in [4.69, 9.17) is 5.73 Å². The van der Waals surface area contributed by atoms with Crippen molar-refractivity contribution < 1.29 is 9.59 Å². The van der Waals surface area contributed by atoms with E-state index in [9.17, 15) is 9.59 Å². The van der Waals surface area contributed by atoms with Crippen molar-refractivity contribution in [1.82, 2.24) is 10.2 Å².